The van der Waals surface area contributed by atoms with Crippen LogP contribution in [0.5, 0.6) is 5.88 Å². The molecule has 0 aliphatic heterocycles. The van der Waals surface area contributed by atoms with Crippen molar-refractivity contribution in [3.63, 3.8) is 0 Å². The molecule has 3 aromatic rings. The first-order valence-corrected chi connectivity index (χ1v) is 4.70. The summed E-state index contributed by atoms with van der Waals surface area (Å²) < 4.78 is 6.73. The normalized spacial score (nSPS) is 11.1. The van der Waals surface area contributed by atoms with E-state index >= 15 is 0 Å². The molecular weight excluding hydrogens is 208 g/mol. The van der Waals surface area contributed by atoms with Crippen molar-refractivity contribution in [1.82, 2.24) is 19.6 Å². The molecule has 0 bridgehead atoms. The number of aryl methyl sites for hydroxylation is 1. The topological polar surface area (TPSA) is 76.5 Å². The lowest BCUT2D eigenvalue weighted by Crippen LogP contribution is -1.93. The van der Waals surface area contributed by atoms with Gasteiger partial charge >= 0.3 is 0 Å². The lowest BCUT2D eigenvalue weighted by Gasteiger charge is -1.99. The van der Waals surface area contributed by atoms with Crippen molar-refractivity contribution < 1.29 is 9.52 Å². The van der Waals surface area contributed by atoms with Crippen LogP contribution < -0.4 is 0 Å². The summed E-state index contributed by atoms with van der Waals surface area (Å²) in [6.45, 7) is 1.82. The monoisotopic (exact) mass is 216 g/mol. The summed E-state index contributed by atoms with van der Waals surface area (Å²) in [7, 11) is 0. The molecule has 3 rings (SSSR count). The molecule has 0 aliphatic carbocycles. The average Bonchev–Trinajstić information content (AvgIpc) is 2.85. The van der Waals surface area contributed by atoms with Crippen LogP contribution in [0.25, 0.3) is 17.1 Å². The van der Waals surface area contributed by atoms with E-state index in [1.807, 2.05) is 6.92 Å². The standard InChI is InChI=1S/C10H8N4O2/c1-6-5-16-10(12-6)7-4-14-8(2-3-11-14)9(15)13-7/h2-5H,1H3,(H,13,15). The van der Waals surface area contributed by atoms with E-state index in [1.165, 1.54) is 10.8 Å². The van der Waals surface area contributed by atoms with Gasteiger partial charge in [0.05, 0.1) is 18.1 Å². The largest absolute Gasteiger partial charge is 0.492 e. The number of aromatic nitrogens is 4. The molecule has 6 heteroatoms. The van der Waals surface area contributed by atoms with E-state index in [4.69, 9.17) is 4.42 Å². The first kappa shape index (κ1) is 8.90. The van der Waals surface area contributed by atoms with E-state index < -0.39 is 0 Å². The molecule has 3 heterocycles. The third-order valence-electron chi connectivity index (χ3n) is 2.21. The molecule has 80 valence electrons. The molecule has 0 radical (unpaired) electrons. The number of nitrogens with zero attached hydrogens (tertiary/aromatic N) is 4. The molecule has 0 aromatic carbocycles. The highest BCUT2D eigenvalue weighted by atomic mass is 16.3. The molecule has 0 saturated carbocycles. The van der Waals surface area contributed by atoms with Gasteiger partial charge in [0.1, 0.15) is 17.5 Å². The van der Waals surface area contributed by atoms with E-state index in [9.17, 15) is 5.11 Å². The van der Waals surface area contributed by atoms with Gasteiger partial charge < -0.3 is 9.52 Å². The Morgan fingerprint density at radius 1 is 1.38 bits per heavy atom. The zero-order valence-corrected chi connectivity index (χ0v) is 8.45. The van der Waals surface area contributed by atoms with Gasteiger partial charge in [-0.25, -0.2) is 14.5 Å². The number of fused-ring (bicyclic) bond motifs is 1. The summed E-state index contributed by atoms with van der Waals surface area (Å²) in [6, 6.07) is 1.67. The maximum atomic E-state index is 9.67. The Morgan fingerprint density at radius 2 is 2.25 bits per heavy atom. The number of aromatic hydroxyl groups is 1. The highest BCUT2D eigenvalue weighted by molar-refractivity contribution is 5.59. The Bertz CT molecular complexity index is 656. The predicted molar refractivity (Wildman–Crippen MR) is 54.9 cm³/mol. The fourth-order valence-electron chi connectivity index (χ4n) is 1.48. The van der Waals surface area contributed by atoms with Crippen molar-refractivity contribution in [2.24, 2.45) is 0 Å². The molecule has 0 unspecified atom stereocenters. The molecule has 0 fully saturated rings. The Morgan fingerprint density at radius 3 is 3.00 bits per heavy atom. The van der Waals surface area contributed by atoms with Gasteiger partial charge in [-0.05, 0) is 13.0 Å². The van der Waals surface area contributed by atoms with Crippen LogP contribution in [0.4, 0.5) is 0 Å². The highest BCUT2D eigenvalue weighted by Crippen LogP contribution is 2.21. The van der Waals surface area contributed by atoms with Crippen molar-refractivity contribution in [1.29, 1.82) is 0 Å². The van der Waals surface area contributed by atoms with E-state index in [0.29, 0.717) is 17.1 Å². The lowest BCUT2D eigenvalue weighted by molar-refractivity contribution is 0.455. The van der Waals surface area contributed by atoms with Crippen molar-refractivity contribution >= 4 is 5.52 Å². The van der Waals surface area contributed by atoms with Crippen LogP contribution in [-0.4, -0.2) is 24.7 Å². The third kappa shape index (κ3) is 1.23. The van der Waals surface area contributed by atoms with Crippen molar-refractivity contribution in [3.8, 4) is 17.5 Å². The van der Waals surface area contributed by atoms with E-state index in [0.717, 1.165) is 5.69 Å². The Hall–Kier alpha value is -2.37. The maximum Gasteiger partial charge on any atom is 0.247 e. The zero-order chi connectivity index (χ0) is 11.1. The van der Waals surface area contributed by atoms with E-state index in [2.05, 4.69) is 15.1 Å². The number of hydrogen-bond donors (Lipinski definition) is 1. The van der Waals surface area contributed by atoms with Gasteiger partial charge in [0, 0.05) is 0 Å². The molecule has 3 aromatic heterocycles. The summed E-state index contributed by atoms with van der Waals surface area (Å²) in [4.78, 5) is 8.13. The predicted octanol–water partition coefficient (Wildman–Crippen LogP) is 1.40. The van der Waals surface area contributed by atoms with Crippen LogP contribution in [0.15, 0.2) is 29.1 Å². The average molecular weight is 216 g/mol. The third-order valence-corrected chi connectivity index (χ3v) is 2.21. The number of rotatable bonds is 1. The van der Waals surface area contributed by atoms with Crippen LogP contribution in [0.1, 0.15) is 5.69 Å². The van der Waals surface area contributed by atoms with Crippen LogP contribution in [-0.2, 0) is 0 Å². The Labute approximate surface area is 90.2 Å². The first-order valence-electron chi connectivity index (χ1n) is 4.70. The minimum atomic E-state index is -0.0918. The van der Waals surface area contributed by atoms with Gasteiger partial charge in [-0.1, -0.05) is 0 Å². The van der Waals surface area contributed by atoms with Gasteiger partial charge in [0.2, 0.25) is 11.8 Å². The second-order valence-corrected chi connectivity index (χ2v) is 3.40. The van der Waals surface area contributed by atoms with Gasteiger partial charge in [0.15, 0.2) is 0 Å². The van der Waals surface area contributed by atoms with Gasteiger partial charge in [0.25, 0.3) is 0 Å². The van der Waals surface area contributed by atoms with Gasteiger partial charge in [-0.3, -0.25) is 0 Å². The smallest absolute Gasteiger partial charge is 0.247 e. The zero-order valence-electron chi connectivity index (χ0n) is 8.45. The summed E-state index contributed by atoms with van der Waals surface area (Å²) in [5, 5.41) is 13.7. The second kappa shape index (κ2) is 3.06. The van der Waals surface area contributed by atoms with E-state index in [1.54, 1.807) is 18.5 Å². The molecule has 0 amide bonds. The molecule has 0 spiro atoms. The first-order chi connectivity index (χ1) is 7.74. The van der Waals surface area contributed by atoms with Crippen molar-refractivity contribution in [3.05, 3.63) is 30.4 Å². The SMILES string of the molecule is Cc1coc(-c2cn3nccc3c(O)n2)n1. The fraction of sp³-hybridized carbons (Fsp3) is 0.100. The second-order valence-electron chi connectivity index (χ2n) is 3.40. The molecule has 6 nitrogen and oxygen atoms in total. The Balaban J connectivity index is 2.24. The molecule has 0 atom stereocenters. The fourth-order valence-corrected chi connectivity index (χ4v) is 1.48. The van der Waals surface area contributed by atoms with Crippen molar-refractivity contribution in [2.75, 3.05) is 0 Å². The minimum absolute atomic E-state index is 0.0918. The number of oxazole rings is 1. The molecule has 1 N–H and O–H groups in total. The number of hydrogen-bond acceptors (Lipinski definition) is 5. The van der Waals surface area contributed by atoms with Crippen LogP contribution in [0, 0.1) is 6.92 Å². The molecule has 0 aliphatic rings. The molecule has 16 heavy (non-hydrogen) atoms. The maximum absolute atomic E-state index is 9.67. The summed E-state index contributed by atoms with van der Waals surface area (Å²) in [5.41, 5.74) is 1.76. The van der Waals surface area contributed by atoms with Crippen LogP contribution >= 0.6 is 0 Å². The van der Waals surface area contributed by atoms with Crippen molar-refractivity contribution in [2.45, 2.75) is 6.92 Å². The van der Waals surface area contributed by atoms with Crippen LogP contribution in [0.2, 0.25) is 0 Å². The highest BCUT2D eigenvalue weighted by Gasteiger charge is 2.11. The summed E-state index contributed by atoms with van der Waals surface area (Å²) >= 11 is 0. The summed E-state index contributed by atoms with van der Waals surface area (Å²) in [6.07, 6.45) is 4.77. The van der Waals surface area contributed by atoms with Crippen LogP contribution in [0.3, 0.4) is 0 Å². The minimum Gasteiger partial charge on any atom is -0.492 e. The molecule has 0 saturated heterocycles. The lowest BCUT2D eigenvalue weighted by atomic mass is 10.4. The van der Waals surface area contributed by atoms with Gasteiger partial charge in [-0.2, -0.15) is 5.10 Å². The van der Waals surface area contributed by atoms with Gasteiger partial charge in [-0.15, -0.1) is 0 Å². The Kier molecular flexibility index (Phi) is 1.70. The quantitative estimate of drug-likeness (QED) is 0.665. The summed E-state index contributed by atoms with van der Waals surface area (Å²) in [5.74, 6) is 0.274. The molecular formula is C10H8N4O2. The van der Waals surface area contributed by atoms with E-state index in [-0.39, 0.29) is 5.88 Å².